The summed E-state index contributed by atoms with van der Waals surface area (Å²) < 4.78 is 38.8. The number of pyridine rings is 1. The second-order valence-electron chi connectivity index (χ2n) is 4.20. The molecule has 7 heteroatoms. The Kier molecular flexibility index (Phi) is 5.64. The first-order chi connectivity index (χ1) is 8.42. The second kappa shape index (κ2) is 6.77. The molecule has 0 atom stereocenters. The van der Waals surface area contributed by atoms with Crippen LogP contribution in [0.15, 0.2) is 23.4 Å². The van der Waals surface area contributed by atoms with Crippen molar-refractivity contribution >= 4 is 10.0 Å². The summed E-state index contributed by atoms with van der Waals surface area (Å²) in [5.74, 6) is -0.667. The molecule has 0 aliphatic heterocycles. The Morgan fingerprint density at radius 2 is 2.06 bits per heavy atom. The Morgan fingerprint density at radius 3 is 2.67 bits per heavy atom. The van der Waals surface area contributed by atoms with Crippen LogP contribution in [0.1, 0.15) is 20.3 Å². The zero-order valence-electron chi connectivity index (χ0n) is 10.5. The highest BCUT2D eigenvalue weighted by molar-refractivity contribution is 7.89. The predicted molar refractivity (Wildman–Crippen MR) is 67.1 cm³/mol. The Morgan fingerprint density at radius 1 is 1.33 bits per heavy atom. The highest BCUT2D eigenvalue weighted by Crippen LogP contribution is 2.07. The summed E-state index contributed by atoms with van der Waals surface area (Å²) in [4.78, 5) is 3.36. The van der Waals surface area contributed by atoms with Gasteiger partial charge in [0.25, 0.3) is 0 Å². The number of aromatic nitrogens is 1. The molecule has 102 valence electrons. The summed E-state index contributed by atoms with van der Waals surface area (Å²) >= 11 is 0. The van der Waals surface area contributed by atoms with Crippen LogP contribution in [-0.4, -0.2) is 32.5 Å². The van der Waals surface area contributed by atoms with Gasteiger partial charge in [-0.15, -0.1) is 0 Å². The van der Waals surface area contributed by atoms with Crippen molar-refractivity contribution in [1.82, 2.24) is 15.0 Å². The fraction of sp³-hybridized carbons (Fsp3) is 0.545. The van der Waals surface area contributed by atoms with Gasteiger partial charge in [-0.2, -0.15) is 0 Å². The SMILES string of the molecule is CC(C)NCCCNS(=O)(=O)c1cncc(F)c1. The van der Waals surface area contributed by atoms with E-state index < -0.39 is 15.8 Å². The van der Waals surface area contributed by atoms with Crippen LogP contribution in [0.5, 0.6) is 0 Å². The molecule has 0 radical (unpaired) electrons. The molecule has 0 saturated heterocycles. The van der Waals surface area contributed by atoms with Gasteiger partial charge < -0.3 is 5.32 Å². The summed E-state index contributed by atoms with van der Waals surface area (Å²) in [7, 11) is -3.66. The minimum atomic E-state index is -3.66. The third-order valence-corrected chi connectivity index (χ3v) is 3.62. The van der Waals surface area contributed by atoms with Gasteiger partial charge >= 0.3 is 0 Å². The number of halogens is 1. The van der Waals surface area contributed by atoms with Crippen molar-refractivity contribution in [3.8, 4) is 0 Å². The van der Waals surface area contributed by atoms with Gasteiger partial charge in [-0.3, -0.25) is 4.98 Å². The fourth-order valence-electron chi connectivity index (χ4n) is 1.31. The van der Waals surface area contributed by atoms with Gasteiger partial charge in [-0.05, 0) is 19.0 Å². The van der Waals surface area contributed by atoms with Crippen molar-refractivity contribution in [1.29, 1.82) is 0 Å². The van der Waals surface area contributed by atoms with Crippen LogP contribution >= 0.6 is 0 Å². The van der Waals surface area contributed by atoms with E-state index in [0.717, 1.165) is 25.0 Å². The molecule has 0 unspecified atom stereocenters. The number of hydrogen-bond donors (Lipinski definition) is 2. The number of nitrogens with zero attached hydrogens (tertiary/aromatic N) is 1. The molecular formula is C11H18FN3O2S. The second-order valence-corrected chi connectivity index (χ2v) is 5.97. The summed E-state index contributed by atoms with van der Waals surface area (Å²) in [6.45, 7) is 5.06. The van der Waals surface area contributed by atoms with Crippen molar-refractivity contribution in [3.05, 3.63) is 24.3 Å². The van der Waals surface area contributed by atoms with Crippen molar-refractivity contribution in [2.24, 2.45) is 0 Å². The molecule has 0 saturated carbocycles. The third-order valence-electron chi connectivity index (χ3n) is 2.19. The van der Waals surface area contributed by atoms with Crippen LogP contribution in [0.3, 0.4) is 0 Å². The van der Waals surface area contributed by atoms with Crippen LogP contribution in [0.2, 0.25) is 0 Å². The molecule has 1 heterocycles. The van der Waals surface area contributed by atoms with E-state index in [-0.39, 0.29) is 4.90 Å². The smallest absolute Gasteiger partial charge is 0.242 e. The number of hydrogen-bond acceptors (Lipinski definition) is 4. The lowest BCUT2D eigenvalue weighted by Crippen LogP contribution is -2.29. The molecule has 0 aliphatic rings. The maximum absolute atomic E-state index is 12.9. The molecule has 2 N–H and O–H groups in total. The van der Waals surface area contributed by atoms with Crippen LogP contribution in [0.4, 0.5) is 4.39 Å². The first kappa shape index (κ1) is 15.0. The van der Waals surface area contributed by atoms with Gasteiger partial charge in [-0.25, -0.2) is 17.5 Å². The van der Waals surface area contributed by atoms with E-state index in [1.807, 2.05) is 13.8 Å². The standard InChI is InChI=1S/C11H18FN3O2S/c1-9(2)14-4-3-5-15-18(16,17)11-6-10(12)7-13-8-11/h6-9,14-15H,3-5H2,1-2H3. The maximum Gasteiger partial charge on any atom is 0.242 e. The monoisotopic (exact) mass is 275 g/mol. The van der Waals surface area contributed by atoms with E-state index in [1.54, 1.807) is 0 Å². The largest absolute Gasteiger partial charge is 0.314 e. The number of sulfonamides is 1. The Labute approximate surface area is 107 Å². The van der Waals surface area contributed by atoms with Crippen LogP contribution in [0, 0.1) is 5.82 Å². The maximum atomic E-state index is 12.9. The van der Waals surface area contributed by atoms with Crippen LogP contribution < -0.4 is 10.0 Å². The summed E-state index contributed by atoms with van der Waals surface area (Å²) in [5, 5.41) is 3.17. The summed E-state index contributed by atoms with van der Waals surface area (Å²) in [6, 6.07) is 1.32. The Balaban J connectivity index is 2.46. The van der Waals surface area contributed by atoms with Crippen molar-refractivity contribution in [2.75, 3.05) is 13.1 Å². The normalized spacial score (nSPS) is 12.0. The van der Waals surface area contributed by atoms with Crippen LogP contribution in [-0.2, 0) is 10.0 Å². The lowest BCUT2D eigenvalue weighted by Gasteiger charge is -2.09. The molecule has 0 amide bonds. The Hall–Kier alpha value is -1.05. The highest BCUT2D eigenvalue weighted by atomic mass is 32.2. The Bertz CT molecular complexity index is 477. The number of nitrogens with one attached hydrogen (secondary N) is 2. The molecule has 0 aliphatic carbocycles. The van der Waals surface area contributed by atoms with Gasteiger partial charge in [-0.1, -0.05) is 13.8 Å². The minimum Gasteiger partial charge on any atom is -0.314 e. The van der Waals surface area contributed by atoms with Gasteiger partial charge in [0, 0.05) is 18.8 Å². The quantitative estimate of drug-likeness (QED) is 0.725. The molecule has 0 fully saturated rings. The van der Waals surface area contributed by atoms with Gasteiger partial charge in [0.05, 0.1) is 6.20 Å². The third kappa shape index (κ3) is 5.07. The highest BCUT2D eigenvalue weighted by Gasteiger charge is 2.14. The topological polar surface area (TPSA) is 71.1 Å². The summed E-state index contributed by atoms with van der Waals surface area (Å²) in [5.41, 5.74) is 0. The van der Waals surface area contributed by atoms with E-state index in [0.29, 0.717) is 19.0 Å². The first-order valence-corrected chi connectivity index (χ1v) is 7.24. The van der Waals surface area contributed by atoms with Crippen LogP contribution in [0.25, 0.3) is 0 Å². The molecular weight excluding hydrogens is 257 g/mol. The predicted octanol–water partition coefficient (Wildman–Crippen LogP) is 0.887. The van der Waals surface area contributed by atoms with E-state index in [2.05, 4.69) is 15.0 Å². The lowest BCUT2D eigenvalue weighted by molar-refractivity contribution is 0.553. The molecule has 5 nitrogen and oxygen atoms in total. The molecule has 1 rings (SSSR count). The minimum absolute atomic E-state index is 0.153. The van der Waals surface area contributed by atoms with Gasteiger partial charge in [0.2, 0.25) is 10.0 Å². The van der Waals surface area contributed by atoms with Gasteiger partial charge in [0.15, 0.2) is 0 Å². The van der Waals surface area contributed by atoms with E-state index in [4.69, 9.17) is 0 Å². The molecule has 0 bridgehead atoms. The van der Waals surface area contributed by atoms with Crippen molar-refractivity contribution in [3.63, 3.8) is 0 Å². The summed E-state index contributed by atoms with van der Waals surface area (Å²) in [6.07, 6.45) is 2.75. The van der Waals surface area contributed by atoms with Crippen molar-refractivity contribution in [2.45, 2.75) is 31.2 Å². The van der Waals surface area contributed by atoms with E-state index >= 15 is 0 Å². The zero-order chi connectivity index (χ0) is 13.6. The van der Waals surface area contributed by atoms with E-state index in [1.165, 1.54) is 0 Å². The molecule has 0 spiro atoms. The zero-order valence-corrected chi connectivity index (χ0v) is 11.3. The average Bonchev–Trinajstić information content (AvgIpc) is 2.28. The molecule has 1 aromatic rings. The van der Waals surface area contributed by atoms with Crippen molar-refractivity contribution < 1.29 is 12.8 Å². The first-order valence-electron chi connectivity index (χ1n) is 5.75. The lowest BCUT2D eigenvalue weighted by atomic mass is 10.3. The molecule has 1 aromatic heterocycles. The molecule has 18 heavy (non-hydrogen) atoms. The fourth-order valence-corrected chi connectivity index (χ4v) is 2.36. The van der Waals surface area contributed by atoms with E-state index in [9.17, 15) is 12.8 Å². The molecule has 0 aromatic carbocycles. The van der Waals surface area contributed by atoms with Gasteiger partial charge in [0.1, 0.15) is 10.7 Å². The number of rotatable bonds is 7. The average molecular weight is 275 g/mol.